The summed E-state index contributed by atoms with van der Waals surface area (Å²) in [6, 6.07) is 21.0. The number of morpholine rings is 1. The second-order valence-electron chi connectivity index (χ2n) is 5.72. The third-order valence-electron chi connectivity index (χ3n) is 4.12. The average Bonchev–Trinajstić information content (AvgIpc) is 2.67. The van der Waals surface area contributed by atoms with Crippen LogP contribution in [0.2, 0.25) is 0 Å². The maximum atomic E-state index is 5.52. The van der Waals surface area contributed by atoms with Gasteiger partial charge in [-0.15, -0.1) is 0 Å². The zero-order valence-electron chi connectivity index (χ0n) is 13.9. The highest BCUT2D eigenvalue weighted by atomic mass is 16.5. The fraction of sp³-hybridized carbons (Fsp3) is 0.182. The highest BCUT2D eigenvalue weighted by molar-refractivity contribution is 5.84. The second kappa shape index (κ2) is 8.32. The fourth-order valence-corrected chi connectivity index (χ4v) is 2.90. The van der Waals surface area contributed by atoms with E-state index in [9.17, 15) is 0 Å². The summed E-state index contributed by atoms with van der Waals surface area (Å²) in [6.45, 7) is 7.25. The van der Waals surface area contributed by atoms with Crippen molar-refractivity contribution in [1.29, 1.82) is 0 Å². The van der Waals surface area contributed by atoms with Crippen LogP contribution in [-0.2, 0) is 4.74 Å². The van der Waals surface area contributed by atoms with Crippen LogP contribution >= 0.6 is 0 Å². The minimum absolute atomic E-state index is 0.774. The third kappa shape index (κ3) is 4.03. The van der Waals surface area contributed by atoms with Gasteiger partial charge in [0.05, 0.1) is 13.2 Å². The van der Waals surface area contributed by atoms with Crippen LogP contribution in [0.25, 0.3) is 11.3 Å². The van der Waals surface area contributed by atoms with Crippen LogP contribution in [-0.4, -0.2) is 31.2 Å². The second-order valence-corrected chi connectivity index (χ2v) is 5.72. The Labute approximate surface area is 144 Å². The lowest BCUT2D eigenvalue weighted by Crippen LogP contribution is -2.35. The molecule has 0 N–H and O–H groups in total. The molecule has 3 rings (SSSR count). The van der Waals surface area contributed by atoms with Gasteiger partial charge in [0.2, 0.25) is 0 Å². The molecule has 0 amide bonds. The van der Waals surface area contributed by atoms with Gasteiger partial charge in [0.15, 0.2) is 0 Å². The summed E-state index contributed by atoms with van der Waals surface area (Å²) in [4.78, 5) is 2.40. The number of hydrogen-bond acceptors (Lipinski definition) is 2. The zero-order valence-corrected chi connectivity index (χ0v) is 13.9. The Bertz CT molecular complexity index is 710. The maximum absolute atomic E-state index is 5.52. The summed E-state index contributed by atoms with van der Waals surface area (Å²) >= 11 is 0. The number of benzene rings is 2. The summed E-state index contributed by atoms with van der Waals surface area (Å²) < 4.78 is 5.52. The Morgan fingerprint density at radius 2 is 1.46 bits per heavy atom. The predicted octanol–water partition coefficient (Wildman–Crippen LogP) is 4.63. The van der Waals surface area contributed by atoms with Crippen LogP contribution in [0.3, 0.4) is 0 Å². The molecule has 2 aromatic rings. The van der Waals surface area contributed by atoms with Crippen LogP contribution in [0, 0.1) is 0 Å². The van der Waals surface area contributed by atoms with E-state index in [2.05, 4.69) is 78.2 Å². The van der Waals surface area contributed by atoms with E-state index in [0.717, 1.165) is 31.9 Å². The summed E-state index contributed by atoms with van der Waals surface area (Å²) in [6.07, 6.45) is 6.18. The van der Waals surface area contributed by atoms with Gasteiger partial charge in [-0.1, -0.05) is 79.4 Å². The molecule has 24 heavy (non-hydrogen) atoms. The lowest BCUT2D eigenvalue weighted by molar-refractivity contribution is 0.0640. The first kappa shape index (κ1) is 16.3. The summed E-state index contributed by atoms with van der Waals surface area (Å²) in [5.74, 6) is 0. The van der Waals surface area contributed by atoms with Crippen molar-refractivity contribution in [2.75, 3.05) is 26.3 Å². The lowest BCUT2D eigenvalue weighted by atomic mass is 10.0. The maximum Gasteiger partial charge on any atom is 0.0642 e. The van der Waals surface area contributed by atoms with Crippen LogP contribution in [0.5, 0.6) is 0 Å². The Balaban J connectivity index is 2.04. The first-order chi connectivity index (χ1) is 11.9. The van der Waals surface area contributed by atoms with Crippen molar-refractivity contribution < 1.29 is 4.74 Å². The van der Waals surface area contributed by atoms with Gasteiger partial charge in [0, 0.05) is 18.8 Å². The highest BCUT2D eigenvalue weighted by Crippen LogP contribution is 2.26. The van der Waals surface area contributed by atoms with Gasteiger partial charge in [0.25, 0.3) is 0 Å². The molecule has 1 saturated heterocycles. The Morgan fingerprint density at radius 1 is 0.875 bits per heavy atom. The minimum atomic E-state index is 0.774. The van der Waals surface area contributed by atoms with Crippen molar-refractivity contribution in [3.05, 3.63) is 96.6 Å². The van der Waals surface area contributed by atoms with Gasteiger partial charge in [-0.25, -0.2) is 0 Å². The molecule has 1 heterocycles. The van der Waals surface area contributed by atoms with Crippen LogP contribution in [0.4, 0.5) is 0 Å². The molecule has 1 aliphatic heterocycles. The Hall–Kier alpha value is -2.58. The first-order valence-electron chi connectivity index (χ1n) is 8.36. The largest absolute Gasteiger partial charge is 0.378 e. The molecule has 1 aliphatic rings. The molecule has 2 heteroatoms. The van der Waals surface area contributed by atoms with Crippen molar-refractivity contribution in [1.82, 2.24) is 4.90 Å². The standard InChI is InChI=1S/C22H23NO/c1-2-9-21(19-10-5-3-6-11-19)18-22(20-12-7-4-8-13-20)23-14-16-24-17-15-23/h2-13,18H,1,14-17H2/b21-9-,22-18+. The number of ether oxygens (including phenoxy) is 1. The number of hydrogen-bond donors (Lipinski definition) is 0. The molecule has 0 saturated carbocycles. The number of rotatable bonds is 5. The minimum Gasteiger partial charge on any atom is -0.378 e. The molecule has 0 atom stereocenters. The average molecular weight is 317 g/mol. The van der Waals surface area contributed by atoms with E-state index in [1.807, 2.05) is 12.1 Å². The summed E-state index contributed by atoms with van der Waals surface area (Å²) in [5, 5.41) is 0. The molecule has 122 valence electrons. The summed E-state index contributed by atoms with van der Waals surface area (Å²) in [5.41, 5.74) is 4.82. The Kier molecular flexibility index (Phi) is 5.65. The molecular weight excluding hydrogens is 294 g/mol. The topological polar surface area (TPSA) is 12.5 Å². The van der Waals surface area contributed by atoms with Gasteiger partial charge < -0.3 is 9.64 Å². The quantitative estimate of drug-likeness (QED) is 0.746. The van der Waals surface area contributed by atoms with Crippen molar-refractivity contribution >= 4 is 11.3 Å². The molecule has 0 aromatic heterocycles. The van der Waals surface area contributed by atoms with Gasteiger partial charge in [0.1, 0.15) is 0 Å². The third-order valence-corrected chi connectivity index (χ3v) is 4.12. The summed E-state index contributed by atoms with van der Waals surface area (Å²) in [7, 11) is 0. The smallest absolute Gasteiger partial charge is 0.0642 e. The fourth-order valence-electron chi connectivity index (χ4n) is 2.90. The van der Waals surface area contributed by atoms with E-state index in [0.29, 0.717) is 0 Å². The molecule has 1 fully saturated rings. The molecule has 2 aromatic carbocycles. The van der Waals surface area contributed by atoms with Gasteiger partial charge in [-0.2, -0.15) is 0 Å². The van der Waals surface area contributed by atoms with E-state index in [1.165, 1.54) is 16.8 Å². The Morgan fingerprint density at radius 3 is 2.04 bits per heavy atom. The SMILES string of the molecule is C=C/C=C(/C=C(\c1ccccc1)N1CCOCC1)c1ccccc1. The molecule has 0 bridgehead atoms. The van der Waals surface area contributed by atoms with E-state index in [-0.39, 0.29) is 0 Å². The van der Waals surface area contributed by atoms with E-state index >= 15 is 0 Å². The van der Waals surface area contributed by atoms with E-state index in [4.69, 9.17) is 4.74 Å². The highest BCUT2D eigenvalue weighted by Gasteiger charge is 2.16. The van der Waals surface area contributed by atoms with Gasteiger partial charge in [-0.3, -0.25) is 0 Å². The van der Waals surface area contributed by atoms with Crippen molar-refractivity contribution in [2.45, 2.75) is 0 Å². The molecule has 0 radical (unpaired) electrons. The van der Waals surface area contributed by atoms with Crippen LogP contribution in [0.15, 0.2) is 85.5 Å². The van der Waals surface area contributed by atoms with Crippen molar-refractivity contribution in [2.24, 2.45) is 0 Å². The normalized spacial score (nSPS) is 16.1. The van der Waals surface area contributed by atoms with Crippen LogP contribution in [0.1, 0.15) is 11.1 Å². The van der Waals surface area contributed by atoms with Gasteiger partial charge >= 0.3 is 0 Å². The zero-order chi connectivity index (χ0) is 16.6. The van der Waals surface area contributed by atoms with E-state index < -0.39 is 0 Å². The predicted molar refractivity (Wildman–Crippen MR) is 101 cm³/mol. The van der Waals surface area contributed by atoms with Crippen molar-refractivity contribution in [3.8, 4) is 0 Å². The van der Waals surface area contributed by atoms with Crippen LogP contribution < -0.4 is 0 Å². The molecule has 0 unspecified atom stereocenters. The molecule has 0 aliphatic carbocycles. The van der Waals surface area contributed by atoms with Gasteiger partial charge in [-0.05, 0) is 22.8 Å². The number of nitrogens with zero attached hydrogens (tertiary/aromatic N) is 1. The monoisotopic (exact) mass is 317 g/mol. The number of allylic oxidation sites excluding steroid dienone is 4. The molecule has 0 spiro atoms. The first-order valence-corrected chi connectivity index (χ1v) is 8.36. The van der Waals surface area contributed by atoms with E-state index in [1.54, 1.807) is 0 Å². The van der Waals surface area contributed by atoms with Crippen molar-refractivity contribution in [3.63, 3.8) is 0 Å². The molecule has 2 nitrogen and oxygen atoms in total. The molecular formula is C22H23NO. The lowest BCUT2D eigenvalue weighted by Gasteiger charge is -2.31.